The number of carbonyl (C=O) groups is 1. The van der Waals surface area contributed by atoms with Gasteiger partial charge in [-0.05, 0) is 59.4 Å². The van der Waals surface area contributed by atoms with Crippen LogP contribution in [0.2, 0.25) is 0 Å². The van der Waals surface area contributed by atoms with E-state index in [9.17, 15) is 9.90 Å². The molecule has 1 aliphatic carbocycles. The molecule has 4 aromatic rings. The monoisotopic (exact) mass is 490 g/mol. The summed E-state index contributed by atoms with van der Waals surface area (Å²) in [5.74, 6) is 0.106. The molecule has 0 fully saturated rings. The lowest BCUT2D eigenvalue weighted by atomic mass is 9.67. The van der Waals surface area contributed by atoms with Crippen LogP contribution in [-0.4, -0.2) is 30.4 Å². The first-order valence-electron chi connectivity index (χ1n) is 12.4. The smallest absolute Gasteiger partial charge is 0.333 e. The van der Waals surface area contributed by atoms with Crippen molar-refractivity contribution in [3.63, 3.8) is 0 Å². The van der Waals surface area contributed by atoms with Gasteiger partial charge in [-0.25, -0.2) is 4.79 Å². The van der Waals surface area contributed by atoms with E-state index >= 15 is 0 Å². The highest BCUT2D eigenvalue weighted by molar-refractivity contribution is 5.87. The molecule has 186 valence electrons. The second kappa shape index (κ2) is 10.1. The maximum Gasteiger partial charge on any atom is 0.333 e. The largest absolute Gasteiger partial charge is 0.491 e. The molecule has 1 aliphatic rings. The highest BCUT2D eigenvalue weighted by Crippen LogP contribution is 2.56. The van der Waals surface area contributed by atoms with Gasteiger partial charge in [0.1, 0.15) is 25.1 Å². The average Bonchev–Trinajstić information content (AvgIpc) is 3.22. The standard InChI is InChI=1S/C33H30O4/c1-22(2)32(35)37-21-26(34)20-36-27-18-16-25(17-19-27)33(24-14-12-23(3)13-15-24)30-10-6-4-8-28(30)29-9-5-7-11-31(29)33/h4-19,26,34H,1,20-21H2,2-3H3. The summed E-state index contributed by atoms with van der Waals surface area (Å²) in [6.45, 7) is 7.08. The summed E-state index contributed by atoms with van der Waals surface area (Å²) in [6.07, 6.45) is -0.935. The third kappa shape index (κ3) is 4.45. The van der Waals surface area contributed by atoms with Gasteiger partial charge >= 0.3 is 5.97 Å². The molecular weight excluding hydrogens is 460 g/mol. The molecule has 0 saturated carbocycles. The van der Waals surface area contributed by atoms with Crippen LogP contribution in [0.1, 0.15) is 34.7 Å². The molecule has 1 atom stereocenters. The van der Waals surface area contributed by atoms with Crippen LogP contribution in [0.25, 0.3) is 11.1 Å². The van der Waals surface area contributed by atoms with Crippen molar-refractivity contribution in [1.29, 1.82) is 0 Å². The SMILES string of the molecule is C=C(C)C(=O)OCC(O)COc1ccc(C2(c3ccc(C)cc3)c3ccccc3-c3ccccc32)cc1. The van der Waals surface area contributed by atoms with Gasteiger partial charge in [0.05, 0.1) is 5.41 Å². The molecule has 0 bridgehead atoms. The fourth-order valence-corrected chi connectivity index (χ4v) is 5.16. The van der Waals surface area contributed by atoms with Gasteiger partial charge in [-0.15, -0.1) is 0 Å². The Morgan fingerprint density at radius 1 is 0.811 bits per heavy atom. The average molecular weight is 491 g/mol. The minimum atomic E-state index is -0.935. The fraction of sp³-hybridized carbons (Fsp3) is 0.182. The maximum absolute atomic E-state index is 11.6. The number of fused-ring (bicyclic) bond motifs is 3. The second-order valence-corrected chi connectivity index (χ2v) is 9.58. The molecule has 0 aliphatic heterocycles. The van der Waals surface area contributed by atoms with E-state index in [0.717, 1.165) is 5.56 Å². The van der Waals surface area contributed by atoms with Crippen molar-refractivity contribution in [1.82, 2.24) is 0 Å². The van der Waals surface area contributed by atoms with Gasteiger partial charge in [-0.1, -0.05) is 97.1 Å². The van der Waals surface area contributed by atoms with Crippen LogP contribution < -0.4 is 4.74 Å². The second-order valence-electron chi connectivity index (χ2n) is 9.58. The van der Waals surface area contributed by atoms with Gasteiger partial charge in [-0.3, -0.25) is 0 Å². The van der Waals surface area contributed by atoms with Crippen molar-refractivity contribution >= 4 is 5.97 Å². The quantitative estimate of drug-likeness (QED) is 0.207. The molecule has 0 saturated heterocycles. The van der Waals surface area contributed by atoms with Gasteiger partial charge in [0.25, 0.3) is 0 Å². The molecule has 4 heteroatoms. The molecule has 4 nitrogen and oxygen atoms in total. The number of benzene rings is 4. The first-order valence-corrected chi connectivity index (χ1v) is 12.4. The van der Waals surface area contributed by atoms with E-state index in [4.69, 9.17) is 9.47 Å². The Kier molecular flexibility index (Phi) is 6.68. The van der Waals surface area contributed by atoms with Gasteiger partial charge in [0.2, 0.25) is 0 Å². The third-order valence-corrected chi connectivity index (χ3v) is 6.92. The summed E-state index contributed by atoms with van der Waals surface area (Å²) in [6, 6.07) is 34.1. The molecule has 4 aromatic carbocycles. The first kappa shape index (κ1) is 24.5. The van der Waals surface area contributed by atoms with E-state index in [-0.39, 0.29) is 13.2 Å². The van der Waals surface area contributed by atoms with E-state index < -0.39 is 17.5 Å². The van der Waals surface area contributed by atoms with Crippen LogP contribution in [0.15, 0.2) is 109 Å². The molecule has 0 aromatic heterocycles. The molecule has 37 heavy (non-hydrogen) atoms. The zero-order chi connectivity index (χ0) is 26.0. The number of rotatable bonds is 8. The Labute approximate surface area is 217 Å². The van der Waals surface area contributed by atoms with Crippen LogP contribution in [0, 0.1) is 6.92 Å². The van der Waals surface area contributed by atoms with Crippen LogP contribution in [0.4, 0.5) is 0 Å². The van der Waals surface area contributed by atoms with E-state index in [0.29, 0.717) is 11.3 Å². The number of esters is 1. The van der Waals surface area contributed by atoms with Crippen LogP contribution in [0.5, 0.6) is 5.75 Å². The van der Waals surface area contributed by atoms with Crippen LogP contribution >= 0.6 is 0 Å². The highest BCUT2D eigenvalue weighted by atomic mass is 16.5. The number of hydrogen-bond donors (Lipinski definition) is 1. The Morgan fingerprint density at radius 2 is 1.32 bits per heavy atom. The van der Waals surface area contributed by atoms with Crippen molar-refractivity contribution < 1.29 is 19.4 Å². The van der Waals surface area contributed by atoms with Gasteiger partial charge < -0.3 is 14.6 Å². The van der Waals surface area contributed by atoms with Crippen molar-refractivity contribution in [2.24, 2.45) is 0 Å². The van der Waals surface area contributed by atoms with Crippen molar-refractivity contribution in [3.05, 3.63) is 137 Å². The van der Waals surface area contributed by atoms with Crippen molar-refractivity contribution in [3.8, 4) is 16.9 Å². The lowest BCUT2D eigenvalue weighted by Gasteiger charge is -2.34. The van der Waals surface area contributed by atoms with Gasteiger partial charge in [0.15, 0.2) is 0 Å². The van der Waals surface area contributed by atoms with E-state index in [1.165, 1.54) is 33.4 Å². The molecule has 0 amide bonds. The van der Waals surface area contributed by atoms with Crippen LogP contribution in [0.3, 0.4) is 0 Å². The molecule has 1 N–H and O–H groups in total. The predicted octanol–water partition coefficient (Wildman–Crippen LogP) is 6.22. The Balaban J connectivity index is 1.49. The van der Waals surface area contributed by atoms with Gasteiger partial charge in [0, 0.05) is 5.57 Å². The summed E-state index contributed by atoms with van der Waals surface area (Å²) in [7, 11) is 0. The Hall–Kier alpha value is -4.15. The van der Waals surface area contributed by atoms with E-state index in [1.807, 2.05) is 12.1 Å². The number of carbonyl (C=O) groups excluding carboxylic acids is 1. The highest BCUT2D eigenvalue weighted by Gasteiger charge is 2.45. The number of aryl methyl sites for hydroxylation is 1. The number of ether oxygens (including phenoxy) is 2. The normalized spacial score (nSPS) is 13.8. The summed E-state index contributed by atoms with van der Waals surface area (Å²) >= 11 is 0. The first-order chi connectivity index (χ1) is 17.9. The predicted molar refractivity (Wildman–Crippen MR) is 146 cm³/mol. The summed E-state index contributed by atoms with van der Waals surface area (Å²) in [5.41, 5.74) is 8.38. The summed E-state index contributed by atoms with van der Waals surface area (Å²) in [4.78, 5) is 11.6. The lowest BCUT2D eigenvalue weighted by molar-refractivity contribution is -0.142. The summed E-state index contributed by atoms with van der Waals surface area (Å²) < 4.78 is 10.8. The van der Waals surface area contributed by atoms with Crippen LogP contribution in [-0.2, 0) is 14.9 Å². The fourth-order valence-electron chi connectivity index (χ4n) is 5.16. The van der Waals surface area contributed by atoms with E-state index in [1.54, 1.807) is 6.92 Å². The molecule has 5 rings (SSSR count). The zero-order valence-electron chi connectivity index (χ0n) is 21.1. The minimum absolute atomic E-state index is 0.0115. The van der Waals surface area contributed by atoms with Crippen molar-refractivity contribution in [2.75, 3.05) is 13.2 Å². The molecular formula is C33H30O4. The lowest BCUT2D eigenvalue weighted by Crippen LogP contribution is -2.28. The number of aliphatic hydroxyl groups excluding tert-OH is 1. The Morgan fingerprint density at radius 3 is 1.86 bits per heavy atom. The van der Waals surface area contributed by atoms with E-state index in [2.05, 4.69) is 98.4 Å². The molecule has 0 heterocycles. The minimum Gasteiger partial charge on any atom is -0.491 e. The van der Waals surface area contributed by atoms with Gasteiger partial charge in [-0.2, -0.15) is 0 Å². The third-order valence-electron chi connectivity index (χ3n) is 6.92. The molecule has 0 spiro atoms. The number of aliphatic hydroxyl groups is 1. The molecule has 1 unspecified atom stereocenters. The zero-order valence-corrected chi connectivity index (χ0v) is 21.1. The maximum atomic E-state index is 11.6. The summed E-state index contributed by atoms with van der Waals surface area (Å²) in [5, 5.41) is 10.2. The number of hydrogen-bond acceptors (Lipinski definition) is 4. The molecule has 0 radical (unpaired) electrons. The Bertz CT molecular complexity index is 1390. The van der Waals surface area contributed by atoms with Crippen molar-refractivity contribution in [2.45, 2.75) is 25.4 Å². The topological polar surface area (TPSA) is 55.8 Å².